The van der Waals surface area contributed by atoms with E-state index < -0.39 is 0 Å². The van der Waals surface area contributed by atoms with E-state index in [0.29, 0.717) is 38.2 Å². The molecular weight excluding hydrogens is 334 g/mol. The van der Waals surface area contributed by atoms with Crippen molar-refractivity contribution in [3.63, 3.8) is 0 Å². The molecule has 0 spiro atoms. The van der Waals surface area contributed by atoms with Crippen LogP contribution in [0.4, 0.5) is 0 Å². The third kappa shape index (κ3) is 4.45. The summed E-state index contributed by atoms with van der Waals surface area (Å²) in [5, 5.41) is 5.71. The maximum absolute atomic E-state index is 12.4. The van der Waals surface area contributed by atoms with Gasteiger partial charge in [-0.2, -0.15) is 0 Å². The van der Waals surface area contributed by atoms with E-state index in [1.165, 1.54) is 16.9 Å². The van der Waals surface area contributed by atoms with Crippen LogP contribution in [0.3, 0.4) is 0 Å². The van der Waals surface area contributed by atoms with Crippen molar-refractivity contribution in [2.75, 3.05) is 13.1 Å². The van der Waals surface area contributed by atoms with Crippen molar-refractivity contribution in [1.82, 2.24) is 15.2 Å². The maximum Gasteiger partial charge on any atom is 0.273 e. The Morgan fingerprint density at radius 2 is 1.88 bits per heavy atom. The lowest BCUT2D eigenvalue weighted by Crippen LogP contribution is -2.43. The highest BCUT2D eigenvalue weighted by atomic mass is 32.1. The number of likely N-dealkylation sites (tertiary alicyclic amines) is 1. The van der Waals surface area contributed by atoms with Gasteiger partial charge in [-0.05, 0) is 32.3 Å². The van der Waals surface area contributed by atoms with Crippen molar-refractivity contribution in [2.45, 2.75) is 33.2 Å². The van der Waals surface area contributed by atoms with Crippen molar-refractivity contribution in [2.24, 2.45) is 5.92 Å². The van der Waals surface area contributed by atoms with Crippen LogP contribution in [0.5, 0.6) is 0 Å². The summed E-state index contributed by atoms with van der Waals surface area (Å²) in [6.07, 6.45) is 1.41. The quantitative estimate of drug-likeness (QED) is 0.915. The summed E-state index contributed by atoms with van der Waals surface area (Å²) in [5.41, 5.74) is 2.83. The smallest absolute Gasteiger partial charge is 0.273 e. The molecule has 6 heteroatoms. The number of piperidine rings is 1. The van der Waals surface area contributed by atoms with E-state index in [1.807, 2.05) is 38.1 Å². The van der Waals surface area contributed by atoms with Gasteiger partial charge in [-0.1, -0.05) is 29.8 Å². The Morgan fingerprint density at radius 1 is 1.20 bits per heavy atom. The van der Waals surface area contributed by atoms with Crippen molar-refractivity contribution >= 4 is 23.2 Å². The highest BCUT2D eigenvalue weighted by molar-refractivity contribution is 7.09. The highest BCUT2D eigenvalue weighted by Gasteiger charge is 2.28. The highest BCUT2D eigenvalue weighted by Crippen LogP contribution is 2.20. The Balaban J connectivity index is 1.47. The summed E-state index contributed by atoms with van der Waals surface area (Å²) in [5.74, 6) is 0.0340. The van der Waals surface area contributed by atoms with Gasteiger partial charge >= 0.3 is 0 Å². The third-order valence-electron chi connectivity index (χ3n) is 4.58. The molecule has 5 nitrogen and oxygen atoms in total. The average molecular weight is 357 g/mol. The molecule has 0 radical (unpaired) electrons. The first-order chi connectivity index (χ1) is 12.0. The van der Waals surface area contributed by atoms with Crippen LogP contribution in [0.15, 0.2) is 29.6 Å². The molecule has 2 aromatic rings. The summed E-state index contributed by atoms with van der Waals surface area (Å²) in [6, 6.07) is 8.16. The lowest BCUT2D eigenvalue weighted by atomic mass is 9.95. The minimum absolute atomic E-state index is 0.0216. The number of hydrogen-bond acceptors (Lipinski definition) is 4. The van der Waals surface area contributed by atoms with Gasteiger partial charge in [0.05, 0.1) is 5.01 Å². The van der Waals surface area contributed by atoms with Crippen molar-refractivity contribution in [3.8, 4) is 0 Å². The Kier molecular flexibility index (Phi) is 5.48. The molecule has 25 heavy (non-hydrogen) atoms. The number of aromatic nitrogens is 1. The topological polar surface area (TPSA) is 62.3 Å². The number of rotatable bonds is 4. The SMILES string of the molecule is Cc1ccc(CNC(=O)C2CCN(C(=O)c3csc(C)n3)CC2)cc1. The Bertz CT molecular complexity index is 746. The molecule has 1 aliphatic rings. The van der Waals surface area contributed by atoms with E-state index in [4.69, 9.17) is 0 Å². The largest absolute Gasteiger partial charge is 0.352 e. The summed E-state index contributed by atoms with van der Waals surface area (Å²) in [7, 11) is 0. The second-order valence-corrected chi connectivity index (χ2v) is 7.58. The third-order valence-corrected chi connectivity index (χ3v) is 5.35. The van der Waals surface area contributed by atoms with Gasteiger partial charge in [-0.15, -0.1) is 11.3 Å². The molecule has 1 N–H and O–H groups in total. The van der Waals surface area contributed by atoms with Crippen molar-refractivity contribution in [3.05, 3.63) is 51.5 Å². The number of thiazole rings is 1. The van der Waals surface area contributed by atoms with Crippen LogP contribution in [-0.4, -0.2) is 34.8 Å². The summed E-state index contributed by atoms with van der Waals surface area (Å²) in [4.78, 5) is 30.8. The van der Waals surface area contributed by atoms with Gasteiger partial charge in [0.1, 0.15) is 5.69 Å². The van der Waals surface area contributed by atoms with E-state index >= 15 is 0 Å². The molecule has 132 valence electrons. The van der Waals surface area contributed by atoms with Gasteiger partial charge in [0, 0.05) is 30.9 Å². The van der Waals surface area contributed by atoms with Gasteiger partial charge in [-0.25, -0.2) is 4.98 Å². The molecule has 1 fully saturated rings. The molecule has 0 bridgehead atoms. The first kappa shape index (κ1) is 17.6. The van der Waals surface area contributed by atoms with E-state index in [1.54, 1.807) is 10.3 Å². The standard InChI is InChI=1S/C19H23N3O2S/c1-13-3-5-15(6-4-13)11-20-18(23)16-7-9-22(10-8-16)19(24)17-12-25-14(2)21-17/h3-6,12,16H,7-11H2,1-2H3,(H,20,23). The Labute approximate surface area is 152 Å². The average Bonchev–Trinajstić information content (AvgIpc) is 3.07. The van der Waals surface area contributed by atoms with Crippen molar-refractivity contribution in [1.29, 1.82) is 0 Å². The van der Waals surface area contributed by atoms with Crippen molar-refractivity contribution < 1.29 is 9.59 Å². The van der Waals surface area contributed by atoms with Gasteiger partial charge in [0.25, 0.3) is 5.91 Å². The normalized spacial score (nSPS) is 15.2. The molecule has 3 rings (SSSR count). The summed E-state index contributed by atoms with van der Waals surface area (Å²) >= 11 is 1.48. The Morgan fingerprint density at radius 3 is 2.48 bits per heavy atom. The van der Waals surface area contributed by atoms with Crippen LogP contribution >= 0.6 is 11.3 Å². The van der Waals surface area contributed by atoms with E-state index in [0.717, 1.165) is 10.6 Å². The van der Waals surface area contributed by atoms with Gasteiger partial charge in [-0.3, -0.25) is 9.59 Å². The zero-order valence-corrected chi connectivity index (χ0v) is 15.4. The second kappa shape index (κ2) is 7.78. The first-order valence-corrected chi connectivity index (χ1v) is 9.45. The molecule has 1 aliphatic heterocycles. The zero-order valence-electron chi connectivity index (χ0n) is 14.6. The fraction of sp³-hybridized carbons (Fsp3) is 0.421. The van der Waals surface area contributed by atoms with Gasteiger partial charge in [0.2, 0.25) is 5.91 Å². The number of amides is 2. The molecule has 0 aliphatic carbocycles. The molecule has 0 saturated carbocycles. The van der Waals surface area contributed by atoms with Gasteiger partial charge in [0.15, 0.2) is 0 Å². The lowest BCUT2D eigenvalue weighted by molar-refractivity contribution is -0.126. The number of aryl methyl sites for hydroxylation is 2. The number of nitrogens with zero attached hydrogens (tertiary/aromatic N) is 2. The predicted molar refractivity (Wildman–Crippen MR) is 98.5 cm³/mol. The monoisotopic (exact) mass is 357 g/mol. The number of carbonyl (C=O) groups excluding carboxylic acids is 2. The lowest BCUT2D eigenvalue weighted by Gasteiger charge is -2.30. The second-order valence-electron chi connectivity index (χ2n) is 6.52. The minimum atomic E-state index is -0.0251. The molecule has 1 aromatic carbocycles. The van der Waals surface area contributed by atoms with E-state index in [-0.39, 0.29) is 17.7 Å². The summed E-state index contributed by atoms with van der Waals surface area (Å²) in [6.45, 7) is 5.71. The van der Waals surface area contributed by atoms with Crippen LogP contribution in [0.25, 0.3) is 0 Å². The van der Waals surface area contributed by atoms with E-state index in [2.05, 4.69) is 10.3 Å². The number of benzene rings is 1. The van der Waals surface area contributed by atoms with Crippen LogP contribution in [0.1, 0.15) is 39.5 Å². The molecule has 1 saturated heterocycles. The van der Waals surface area contributed by atoms with Gasteiger partial charge < -0.3 is 10.2 Å². The molecule has 0 atom stereocenters. The van der Waals surface area contributed by atoms with E-state index in [9.17, 15) is 9.59 Å². The van der Waals surface area contributed by atoms with Crippen LogP contribution < -0.4 is 5.32 Å². The molecular formula is C19H23N3O2S. The number of nitrogens with one attached hydrogen (secondary N) is 1. The Hall–Kier alpha value is -2.21. The van der Waals surface area contributed by atoms with Crippen LogP contribution in [-0.2, 0) is 11.3 Å². The number of carbonyl (C=O) groups is 2. The fourth-order valence-electron chi connectivity index (χ4n) is 3.01. The summed E-state index contributed by atoms with van der Waals surface area (Å²) < 4.78 is 0. The predicted octanol–water partition coefficient (Wildman–Crippen LogP) is 2.93. The van der Waals surface area contributed by atoms with Crippen LogP contribution in [0.2, 0.25) is 0 Å². The number of hydrogen-bond donors (Lipinski definition) is 1. The van der Waals surface area contributed by atoms with Crippen LogP contribution in [0, 0.1) is 19.8 Å². The maximum atomic E-state index is 12.4. The molecule has 1 aromatic heterocycles. The fourth-order valence-corrected chi connectivity index (χ4v) is 3.59. The molecule has 2 amide bonds. The molecule has 2 heterocycles. The minimum Gasteiger partial charge on any atom is -0.352 e. The zero-order chi connectivity index (χ0) is 17.8. The first-order valence-electron chi connectivity index (χ1n) is 8.57. The molecule has 0 unspecified atom stereocenters.